The topological polar surface area (TPSA) is 91.4 Å². The highest BCUT2D eigenvalue weighted by Crippen LogP contribution is 2.23. The van der Waals surface area contributed by atoms with Gasteiger partial charge in [-0.15, -0.1) is 0 Å². The monoisotopic (exact) mass is 436 g/mol. The minimum absolute atomic E-state index is 0.171. The number of carbonyl (C=O) groups excluding carboxylic acids is 3. The standard InChI is InChI=1S/C22H17FN4O3S/c23-15-3-1-4-17(11-15)25-20-18(5-2-10-24-20)21(29)26-16-8-6-14(7-9-16)12-27-19(28)13-31-22(27)30/h1-11H,12-13H2,(H,24,25)(H,26,29). The molecule has 0 unspecified atom stereocenters. The van der Waals surface area contributed by atoms with Crippen molar-refractivity contribution in [1.82, 2.24) is 9.88 Å². The molecule has 9 heteroatoms. The van der Waals surface area contributed by atoms with Gasteiger partial charge in [0.15, 0.2) is 0 Å². The van der Waals surface area contributed by atoms with E-state index >= 15 is 0 Å². The molecule has 1 aliphatic heterocycles. The normalized spacial score (nSPS) is 13.4. The summed E-state index contributed by atoms with van der Waals surface area (Å²) in [5.74, 6) is -0.526. The van der Waals surface area contributed by atoms with Crippen molar-refractivity contribution in [3.05, 3.63) is 83.8 Å². The van der Waals surface area contributed by atoms with Crippen molar-refractivity contribution in [3.63, 3.8) is 0 Å². The average Bonchev–Trinajstić information content (AvgIpc) is 3.07. The van der Waals surface area contributed by atoms with E-state index in [2.05, 4.69) is 15.6 Å². The number of hydrogen-bond acceptors (Lipinski definition) is 6. The molecule has 4 rings (SSSR count). The Hall–Kier alpha value is -3.72. The molecule has 1 aliphatic rings. The molecule has 156 valence electrons. The van der Waals surface area contributed by atoms with Crippen molar-refractivity contribution in [3.8, 4) is 0 Å². The Morgan fingerprint density at radius 1 is 1.06 bits per heavy atom. The number of rotatable bonds is 6. The van der Waals surface area contributed by atoms with E-state index in [1.165, 1.54) is 23.2 Å². The summed E-state index contributed by atoms with van der Waals surface area (Å²) in [5.41, 5.74) is 2.09. The van der Waals surface area contributed by atoms with Gasteiger partial charge in [-0.3, -0.25) is 19.3 Å². The van der Waals surface area contributed by atoms with Crippen molar-refractivity contribution < 1.29 is 18.8 Å². The van der Waals surface area contributed by atoms with Crippen LogP contribution in [0, 0.1) is 5.82 Å². The number of benzene rings is 2. The van der Waals surface area contributed by atoms with Crippen molar-refractivity contribution >= 4 is 46.0 Å². The van der Waals surface area contributed by atoms with Gasteiger partial charge in [0.2, 0.25) is 5.91 Å². The van der Waals surface area contributed by atoms with Crippen LogP contribution in [-0.4, -0.2) is 32.7 Å². The number of aromatic nitrogens is 1. The predicted octanol–water partition coefficient (Wildman–Crippen LogP) is 4.41. The summed E-state index contributed by atoms with van der Waals surface area (Å²) in [7, 11) is 0. The van der Waals surface area contributed by atoms with Crippen LogP contribution < -0.4 is 10.6 Å². The predicted molar refractivity (Wildman–Crippen MR) is 117 cm³/mol. The molecule has 0 radical (unpaired) electrons. The van der Waals surface area contributed by atoms with Crippen LogP contribution >= 0.6 is 11.8 Å². The minimum atomic E-state index is -0.400. The lowest BCUT2D eigenvalue weighted by Gasteiger charge is -2.14. The summed E-state index contributed by atoms with van der Waals surface area (Å²) < 4.78 is 13.4. The molecule has 0 atom stereocenters. The first kappa shape index (κ1) is 20.5. The van der Waals surface area contributed by atoms with E-state index in [1.54, 1.807) is 48.5 Å². The largest absolute Gasteiger partial charge is 0.339 e. The van der Waals surface area contributed by atoms with Gasteiger partial charge in [-0.05, 0) is 48.0 Å². The zero-order valence-corrected chi connectivity index (χ0v) is 17.0. The molecule has 0 saturated carbocycles. The van der Waals surface area contributed by atoms with Crippen LogP contribution in [0.5, 0.6) is 0 Å². The Morgan fingerprint density at radius 2 is 1.87 bits per heavy atom. The highest BCUT2D eigenvalue weighted by molar-refractivity contribution is 8.14. The molecule has 2 aromatic carbocycles. The van der Waals surface area contributed by atoms with Crippen LogP contribution in [0.1, 0.15) is 15.9 Å². The van der Waals surface area contributed by atoms with E-state index < -0.39 is 5.82 Å². The Kier molecular flexibility index (Phi) is 5.94. The zero-order chi connectivity index (χ0) is 21.8. The number of hydrogen-bond donors (Lipinski definition) is 2. The fourth-order valence-corrected chi connectivity index (χ4v) is 3.72. The van der Waals surface area contributed by atoms with E-state index in [0.717, 1.165) is 17.3 Å². The Labute approximate surface area is 181 Å². The van der Waals surface area contributed by atoms with Crippen LogP contribution in [0.2, 0.25) is 0 Å². The lowest BCUT2D eigenvalue weighted by molar-refractivity contribution is -0.125. The Bertz CT molecular complexity index is 1140. The third-order valence-electron chi connectivity index (χ3n) is 4.53. The van der Waals surface area contributed by atoms with Crippen LogP contribution in [0.4, 0.5) is 26.4 Å². The maximum atomic E-state index is 13.4. The Morgan fingerprint density at radius 3 is 2.58 bits per heavy atom. The molecule has 2 N–H and O–H groups in total. The molecule has 31 heavy (non-hydrogen) atoms. The van der Waals surface area contributed by atoms with Crippen LogP contribution in [0.25, 0.3) is 0 Å². The summed E-state index contributed by atoms with van der Waals surface area (Å²) in [6.07, 6.45) is 1.53. The van der Waals surface area contributed by atoms with Gasteiger partial charge in [0.1, 0.15) is 11.6 Å². The van der Waals surface area contributed by atoms with Gasteiger partial charge in [0.05, 0.1) is 17.9 Å². The average molecular weight is 436 g/mol. The van der Waals surface area contributed by atoms with E-state index in [4.69, 9.17) is 0 Å². The Balaban J connectivity index is 1.45. The summed E-state index contributed by atoms with van der Waals surface area (Å²) in [5, 5.41) is 5.49. The van der Waals surface area contributed by atoms with Crippen molar-refractivity contribution in [1.29, 1.82) is 0 Å². The lowest BCUT2D eigenvalue weighted by atomic mass is 10.1. The van der Waals surface area contributed by atoms with Gasteiger partial charge in [0.25, 0.3) is 11.1 Å². The second-order valence-electron chi connectivity index (χ2n) is 6.72. The van der Waals surface area contributed by atoms with E-state index in [1.807, 2.05) is 0 Å². The quantitative estimate of drug-likeness (QED) is 0.595. The van der Waals surface area contributed by atoms with Crippen molar-refractivity contribution in [2.75, 3.05) is 16.4 Å². The maximum absolute atomic E-state index is 13.4. The first-order valence-electron chi connectivity index (χ1n) is 9.34. The second-order valence-corrected chi connectivity index (χ2v) is 7.65. The molecule has 0 aliphatic carbocycles. The van der Waals surface area contributed by atoms with Gasteiger partial charge in [-0.2, -0.15) is 0 Å². The molecule has 2 heterocycles. The molecular formula is C22H17FN4O3S. The number of nitrogens with zero attached hydrogens (tertiary/aromatic N) is 2. The highest BCUT2D eigenvalue weighted by atomic mass is 32.2. The molecule has 1 aromatic heterocycles. The maximum Gasteiger partial charge on any atom is 0.289 e. The number of imide groups is 1. The molecule has 1 saturated heterocycles. The summed E-state index contributed by atoms with van der Waals surface area (Å²) in [4.78, 5) is 41.6. The van der Waals surface area contributed by atoms with E-state index in [0.29, 0.717) is 22.8 Å². The van der Waals surface area contributed by atoms with Crippen LogP contribution in [-0.2, 0) is 11.3 Å². The zero-order valence-electron chi connectivity index (χ0n) is 16.2. The number of carbonyl (C=O) groups is 3. The van der Waals surface area contributed by atoms with Gasteiger partial charge in [-0.1, -0.05) is 30.0 Å². The third-order valence-corrected chi connectivity index (χ3v) is 5.39. The van der Waals surface area contributed by atoms with Crippen LogP contribution in [0.3, 0.4) is 0 Å². The number of nitrogens with one attached hydrogen (secondary N) is 2. The lowest BCUT2D eigenvalue weighted by Crippen LogP contribution is -2.27. The van der Waals surface area contributed by atoms with E-state index in [9.17, 15) is 18.8 Å². The molecule has 7 nitrogen and oxygen atoms in total. The van der Waals surface area contributed by atoms with Crippen molar-refractivity contribution in [2.24, 2.45) is 0 Å². The number of halogens is 1. The first-order valence-corrected chi connectivity index (χ1v) is 10.3. The van der Waals surface area contributed by atoms with Crippen LogP contribution in [0.15, 0.2) is 66.9 Å². The fraction of sp³-hybridized carbons (Fsp3) is 0.0909. The molecule has 1 fully saturated rings. The number of anilines is 3. The summed E-state index contributed by atoms with van der Waals surface area (Å²) in [6, 6.07) is 16.0. The second kappa shape index (κ2) is 8.97. The first-order chi connectivity index (χ1) is 15.0. The number of pyridine rings is 1. The molecule has 0 spiro atoms. The molecular weight excluding hydrogens is 419 g/mol. The van der Waals surface area contributed by atoms with Gasteiger partial charge >= 0.3 is 0 Å². The van der Waals surface area contributed by atoms with Crippen molar-refractivity contribution in [2.45, 2.75) is 6.54 Å². The highest BCUT2D eigenvalue weighted by Gasteiger charge is 2.29. The molecule has 3 aromatic rings. The van der Waals surface area contributed by atoms with Gasteiger partial charge < -0.3 is 10.6 Å². The molecule has 0 bridgehead atoms. The number of amides is 3. The third kappa shape index (κ3) is 4.89. The minimum Gasteiger partial charge on any atom is -0.339 e. The fourth-order valence-electron chi connectivity index (χ4n) is 3.00. The molecule has 3 amide bonds. The van der Waals surface area contributed by atoms with Gasteiger partial charge in [0, 0.05) is 17.6 Å². The summed E-state index contributed by atoms with van der Waals surface area (Å²) in [6.45, 7) is 0.198. The van der Waals surface area contributed by atoms with E-state index in [-0.39, 0.29) is 29.4 Å². The van der Waals surface area contributed by atoms with Gasteiger partial charge in [-0.25, -0.2) is 9.37 Å². The number of thioether (sulfide) groups is 1. The smallest absolute Gasteiger partial charge is 0.289 e. The summed E-state index contributed by atoms with van der Waals surface area (Å²) >= 11 is 0.992. The SMILES string of the molecule is O=C(Nc1ccc(CN2C(=O)CSC2=O)cc1)c1cccnc1Nc1cccc(F)c1.